The van der Waals surface area contributed by atoms with E-state index < -0.39 is 6.10 Å². The summed E-state index contributed by atoms with van der Waals surface area (Å²) < 4.78 is 0. The first-order valence-electron chi connectivity index (χ1n) is 6.01. The Bertz CT molecular complexity index is 384. The van der Waals surface area contributed by atoms with Gasteiger partial charge in [0, 0.05) is 6.42 Å². The molecule has 0 heterocycles. The molecule has 0 radical (unpaired) electrons. The zero-order chi connectivity index (χ0) is 11.5. The quantitative estimate of drug-likeness (QED) is 0.824. The van der Waals surface area contributed by atoms with Crippen LogP contribution in [-0.4, -0.2) is 17.0 Å². The summed E-state index contributed by atoms with van der Waals surface area (Å²) in [6, 6.07) is 8.24. The maximum Gasteiger partial charge on any atom is 0.161 e. The lowest BCUT2D eigenvalue weighted by atomic mass is 9.74. The Kier molecular flexibility index (Phi) is 3.39. The van der Waals surface area contributed by atoms with Crippen LogP contribution in [0.15, 0.2) is 24.3 Å². The molecule has 86 valence electrons. The summed E-state index contributed by atoms with van der Waals surface area (Å²) >= 11 is 0. The van der Waals surface area contributed by atoms with E-state index in [0.29, 0.717) is 18.8 Å². The fraction of sp³-hybridized carbons (Fsp3) is 0.500. The van der Waals surface area contributed by atoms with Crippen LogP contribution in [0.5, 0.6) is 0 Å². The molecule has 0 bridgehead atoms. The van der Waals surface area contributed by atoms with Crippen LogP contribution in [0, 0.1) is 0 Å². The van der Waals surface area contributed by atoms with Crippen LogP contribution in [0.25, 0.3) is 0 Å². The maximum atomic E-state index is 11.7. The second kappa shape index (κ2) is 4.79. The highest BCUT2D eigenvalue weighted by Crippen LogP contribution is 2.37. The Morgan fingerprint density at radius 3 is 2.94 bits per heavy atom. The van der Waals surface area contributed by atoms with Gasteiger partial charge in [-0.25, -0.2) is 0 Å². The predicted molar refractivity (Wildman–Crippen MR) is 63.4 cm³/mol. The topological polar surface area (TPSA) is 37.3 Å². The second-order valence-corrected chi connectivity index (χ2v) is 4.57. The SMILES string of the molecule is CCCC(O)C(=O)CC1Cc2ccccc21. The van der Waals surface area contributed by atoms with Crippen molar-refractivity contribution in [3.8, 4) is 0 Å². The molecule has 2 heteroatoms. The fourth-order valence-electron chi connectivity index (χ4n) is 2.36. The van der Waals surface area contributed by atoms with Crippen LogP contribution >= 0.6 is 0 Å². The van der Waals surface area contributed by atoms with Crippen molar-refractivity contribution in [1.29, 1.82) is 0 Å². The average molecular weight is 218 g/mol. The van der Waals surface area contributed by atoms with E-state index in [-0.39, 0.29) is 5.78 Å². The standard InChI is InChI=1S/C14H18O2/c1-2-5-13(15)14(16)9-11-8-10-6-3-4-7-12(10)11/h3-4,6-7,11,13,15H,2,5,8-9H2,1H3. The summed E-state index contributed by atoms with van der Waals surface area (Å²) in [5, 5.41) is 9.58. The van der Waals surface area contributed by atoms with Crippen molar-refractivity contribution >= 4 is 5.78 Å². The number of rotatable bonds is 5. The molecule has 0 saturated heterocycles. The summed E-state index contributed by atoms with van der Waals surface area (Å²) in [4.78, 5) is 11.7. The van der Waals surface area contributed by atoms with Gasteiger partial charge < -0.3 is 5.11 Å². The lowest BCUT2D eigenvalue weighted by Gasteiger charge is -2.30. The van der Waals surface area contributed by atoms with Crippen LogP contribution in [0.4, 0.5) is 0 Å². The summed E-state index contributed by atoms with van der Waals surface area (Å²) in [5.41, 5.74) is 2.64. The van der Waals surface area contributed by atoms with Gasteiger partial charge in [0.05, 0.1) is 0 Å². The largest absolute Gasteiger partial charge is 0.385 e. The molecule has 1 aliphatic rings. The van der Waals surface area contributed by atoms with Gasteiger partial charge in [-0.05, 0) is 29.9 Å². The van der Waals surface area contributed by atoms with E-state index in [9.17, 15) is 9.90 Å². The molecule has 1 aliphatic carbocycles. The zero-order valence-corrected chi connectivity index (χ0v) is 9.65. The molecule has 0 amide bonds. The van der Waals surface area contributed by atoms with Crippen LogP contribution in [-0.2, 0) is 11.2 Å². The maximum absolute atomic E-state index is 11.7. The van der Waals surface area contributed by atoms with Gasteiger partial charge in [0.2, 0.25) is 0 Å². The third kappa shape index (κ3) is 2.17. The first kappa shape index (κ1) is 11.3. The van der Waals surface area contributed by atoms with Crippen molar-refractivity contribution < 1.29 is 9.90 Å². The van der Waals surface area contributed by atoms with Gasteiger partial charge in [-0.1, -0.05) is 37.6 Å². The van der Waals surface area contributed by atoms with E-state index in [1.165, 1.54) is 11.1 Å². The molecule has 0 spiro atoms. The number of hydrogen-bond acceptors (Lipinski definition) is 2. The summed E-state index contributed by atoms with van der Waals surface area (Å²) in [6.07, 6.45) is 2.18. The van der Waals surface area contributed by atoms with Crippen molar-refractivity contribution in [3.05, 3.63) is 35.4 Å². The van der Waals surface area contributed by atoms with Crippen molar-refractivity contribution in [2.45, 2.75) is 44.6 Å². The van der Waals surface area contributed by atoms with Gasteiger partial charge in [0.1, 0.15) is 6.10 Å². The molecular weight excluding hydrogens is 200 g/mol. The number of Topliss-reactive ketones (excluding diaryl/α,β-unsaturated/α-hetero) is 1. The average Bonchev–Trinajstić information content (AvgIpc) is 2.26. The van der Waals surface area contributed by atoms with Crippen molar-refractivity contribution in [1.82, 2.24) is 0 Å². The Morgan fingerprint density at radius 2 is 2.25 bits per heavy atom. The lowest BCUT2D eigenvalue weighted by Crippen LogP contribution is -2.26. The third-order valence-electron chi connectivity index (χ3n) is 3.34. The second-order valence-electron chi connectivity index (χ2n) is 4.57. The Balaban J connectivity index is 1.92. The van der Waals surface area contributed by atoms with E-state index in [1.54, 1.807) is 0 Å². The van der Waals surface area contributed by atoms with E-state index in [4.69, 9.17) is 0 Å². The minimum atomic E-state index is -0.752. The van der Waals surface area contributed by atoms with Gasteiger partial charge in [0.25, 0.3) is 0 Å². The monoisotopic (exact) mass is 218 g/mol. The fourth-order valence-corrected chi connectivity index (χ4v) is 2.36. The highest BCUT2D eigenvalue weighted by atomic mass is 16.3. The molecular formula is C14H18O2. The third-order valence-corrected chi connectivity index (χ3v) is 3.34. The van der Waals surface area contributed by atoms with Gasteiger partial charge in [-0.3, -0.25) is 4.79 Å². The van der Waals surface area contributed by atoms with E-state index in [1.807, 2.05) is 19.1 Å². The zero-order valence-electron chi connectivity index (χ0n) is 9.65. The van der Waals surface area contributed by atoms with Gasteiger partial charge >= 0.3 is 0 Å². The smallest absolute Gasteiger partial charge is 0.161 e. The first-order chi connectivity index (χ1) is 7.72. The molecule has 0 aliphatic heterocycles. The number of carbonyl (C=O) groups is 1. The summed E-state index contributed by atoms with van der Waals surface area (Å²) in [5.74, 6) is 0.344. The lowest BCUT2D eigenvalue weighted by molar-refractivity contribution is -0.127. The summed E-state index contributed by atoms with van der Waals surface area (Å²) in [7, 11) is 0. The van der Waals surface area contributed by atoms with Crippen LogP contribution < -0.4 is 0 Å². The van der Waals surface area contributed by atoms with Crippen LogP contribution in [0.1, 0.15) is 43.2 Å². The Hall–Kier alpha value is -1.15. The first-order valence-corrected chi connectivity index (χ1v) is 6.01. The highest BCUT2D eigenvalue weighted by molar-refractivity contribution is 5.84. The molecule has 1 N–H and O–H groups in total. The van der Waals surface area contributed by atoms with E-state index >= 15 is 0 Å². The van der Waals surface area contributed by atoms with Gasteiger partial charge in [-0.15, -0.1) is 0 Å². The summed E-state index contributed by atoms with van der Waals surface area (Å²) in [6.45, 7) is 1.98. The van der Waals surface area contributed by atoms with Crippen LogP contribution in [0.3, 0.4) is 0 Å². The van der Waals surface area contributed by atoms with Crippen molar-refractivity contribution in [2.75, 3.05) is 0 Å². The molecule has 1 aromatic carbocycles. The number of benzene rings is 1. The van der Waals surface area contributed by atoms with Crippen molar-refractivity contribution in [3.63, 3.8) is 0 Å². The molecule has 0 fully saturated rings. The molecule has 2 rings (SSSR count). The number of aliphatic hydroxyl groups is 1. The highest BCUT2D eigenvalue weighted by Gasteiger charge is 2.29. The van der Waals surface area contributed by atoms with E-state index in [2.05, 4.69) is 12.1 Å². The number of aliphatic hydroxyl groups excluding tert-OH is 1. The Morgan fingerprint density at radius 1 is 1.50 bits per heavy atom. The van der Waals surface area contributed by atoms with E-state index in [0.717, 1.165) is 12.8 Å². The molecule has 2 nitrogen and oxygen atoms in total. The molecule has 2 atom stereocenters. The molecule has 0 aromatic heterocycles. The number of ketones is 1. The normalized spacial score (nSPS) is 19.8. The molecule has 16 heavy (non-hydrogen) atoms. The van der Waals surface area contributed by atoms with Crippen LogP contribution in [0.2, 0.25) is 0 Å². The molecule has 0 saturated carbocycles. The van der Waals surface area contributed by atoms with Gasteiger partial charge in [-0.2, -0.15) is 0 Å². The molecule has 2 unspecified atom stereocenters. The minimum Gasteiger partial charge on any atom is -0.385 e. The predicted octanol–water partition coefficient (Wildman–Crippen LogP) is 2.45. The molecule has 1 aromatic rings. The number of carbonyl (C=O) groups excluding carboxylic acids is 1. The van der Waals surface area contributed by atoms with Crippen molar-refractivity contribution in [2.24, 2.45) is 0 Å². The number of fused-ring (bicyclic) bond motifs is 1. The Labute approximate surface area is 96.3 Å². The minimum absolute atomic E-state index is 0.00125. The van der Waals surface area contributed by atoms with Gasteiger partial charge in [0.15, 0.2) is 5.78 Å². The number of hydrogen-bond donors (Lipinski definition) is 1.